The van der Waals surface area contributed by atoms with Gasteiger partial charge in [-0.1, -0.05) is 12.8 Å². The zero-order chi connectivity index (χ0) is 18.8. The van der Waals surface area contributed by atoms with E-state index in [9.17, 15) is 4.39 Å². The molecule has 27 heavy (non-hydrogen) atoms. The highest BCUT2D eigenvalue weighted by Crippen LogP contribution is 2.26. The second-order valence-electron chi connectivity index (χ2n) is 9.56. The van der Waals surface area contributed by atoms with Crippen molar-refractivity contribution < 1.29 is 19.4 Å². The Morgan fingerprint density at radius 1 is 1.11 bits per heavy atom. The van der Waals surface area contributed by atoms with E-state index in [1.54, 1.807) is 4.90 Å². The van der Waals surface area contributed by atoms with Crippen LogP contribution in [0.1, 0.15) is 51.4 Å². The molecule has 0 spiro atoms. The van der Waals surface area contributed by atoms with Crippen LogP contribution in [0.2, 0.25) is 0 Å². The number of nitrogens with zero attached hydrogens (tertiary/aromatic N) is 1. The Balaban J connectivity index is 1.28. The van der Waals surface area contributed by atoms with Crippen molar-refractivity contribution in [1.29, 1.82) is 0 Å². The van der Waals surface area contributed by atoms with Gasteiger partial charge in [0.2, 0.25) is 0 Å². The molecule has 6 nitrogen and oxygen atoms in total. The highest BCUT2D eigenvalue weighted by atomic mass is 19.1. The van der Waals surface area contributed by atoms with Crippen molar-refractivity contribution in [3.63, 3.8) is 0 Å². The molecular weight excluding hydrogens is 345 g/mol. The minimum absolute atomic E-state index is 0.0701. The molecule has 0 bridgehead atoms. The number of likely N-dealkylation sites (tertiary alicyclic amines) is 1. The van der Waals surface area contributed by atoms with E-state index < -0.39 is 6.17 Å². The Bertz CT molecular complexity index is 473. The highest BCUT2D eigenvalue weighted by Gasteiger charge is 2.44. The lowest BCUT2D eigenvalue weighted by atomic mass is 9.87. The molecule has 4 aliphatic rings. The summed E-state index contributed by atoms with van der Waals surface area (Å²) >= 11 is 0. The number of rotatable bonds is 5. The maximum atomic E-state index is 14.3. The summed E-state index contributed by atoms with van der Waals surface area (Å²) in [4.78, 5) is 9.90. The summed E-state index contributed by atoms with van der Waals surface area (Å²) < 4.78 is 14.3. The van der Waals surface area contributed by atoms with E-state index in [-0.39, 0.29) is 18.3 Å². The number of hydrogen-bond acceptors (Lipinski definition) is 4. The summed E-state index contributed by atoms with van der Waals surface area (Å²) in [5.74, 6) is 0.861. The molecule has 0 aromatic heterocycles. The SMILES string of the molecule is CN(C)C1CCC(C2NOC([C@H]3CCC[NH+]3CC3CCCCC3F)N2)C[NH2+]1. The van der Waals surface area contributed by atoms with E-state index >= 15 is 0 Å². The van der Waals surface area contributed by atoms with Gasteiger partial charge < -0.3 is 10.2 Å². The predicted octanol–water partition coefficient (Wildman–Crippen LogP) is -0.800. The molecule has 1 aliphatic carbocycles. The number of quaternary nitrogens is 2. The lowest BCUT2D eigenvalue weighted by molar-refractivity contribution is -0.920. The van der Waals surface area contributed by atoms with Crippen molar-refractivity contribution in [2.45, 2.75) is 82.1 Å². The number of piperidine rings is 1. The van der Waals surface area contributed by atoms with Crippen LogP contribution >= 0.6 is 0 Å². The van der Waals surface area contributed by atoms with Gasteiger partial charge in [-0.25, -0.2) is 4.39 Å². The molecule has 5 N–H and O–H groups in total. The molecule has 8 atom stereocenters. The molecule has 1 saturated carbocycles. The number of nitrogens with one attached hydrogen (secondary N) is 3. The number of alkyl halides is 1. The first-order chi connectivity index (χ1) is 13.1. The number of nitrogens with two attached hydrogens (primary N) is 1. The lowest BCUT2D eigenvalue weighted by Crippen LogP contribution is -3.16. The summed E-state index contributed by atoms with van der Waals surface area (Å²) in [6.07, 6.45) is 9.34. The molecule has 0 aromatic rings. The van der Waals surface area contributed by atoms with Gasteiger partial charge in [-0.15, -0.1) is 0 Å². The fourth-order valence-electron chi connectivity index (χ4n) is 5.83. The smallest absolute Gasteiger partial charge is 0.183 e. The Hall–Kier alpha value is -0.310. The molecule has 0 radical (unpaired) electrons. The van der Waals surface area contributed by atoms with Crippen LogP contribution in [0.15, 0.2) is 0 Å². The van der Waals surface area contributed by atoms with Crippen LogP contribution in [0.4, 0.5) is 4.39 Å². The first kappa shape index (κ1) is 20.0. The zero-order valence-electron chi connectivity index (χ0n) is 17.1. The average molecular weight is 386 g/mol. The maximum absolute atomic E-state index is 14.3. The standard InChI is InChI=1S/C20H38FN5O/c1-25(2)18-10-9-14(12-22-18)19-23-20(27-24-19)17-8-5-11-26(17)13-15-6-3-4-7-16(15)21/h14-20,22-24H,3-13H2,1-2H3/p+2/t14?,15?,16?,17-,18?,19?,20?/m1/s1. The average Bonchev–Trinajstić information content (AvgIpc) is 3.33. The van der Waals surface area contributed by atoms with E-state index in [1.165, 1.54) is 38.6 Å². The normalized spacial score (nSPS) is 46.2. The molecule has 3 saturated heterocycles. The van der Waals surface area contributed by atoms with Crippen molar-refractivity contribution in [2.24, 2.45) is 11.8 Å². The molecule has 4 rings (SSSR count). The number of halogens is 1. The maximum Gasteiger partial charge on any atom is 0.183 e. The molecule has 156 valence electrons. The van der Waals surface area contributed by atoms with Gasteiger partial charge in [-0.3, -0.25) is 15.1 Å². The highest BCUT2D eigenvalue weighted by molar-refractivity contribution is 4.84. The Morgan fingerprint density at radius 3 is 2.70 bits per heavy atom. The van der Waals surface area contributed by atoms with Crippen LogP contribution in [-0.2, 0) is 4.84 Å². The van der Waals surface area contributed by atoms with Crippen LogP contribution < -0.4 is 21.0 Å². The first-order valence-corrected chi connectivity index (χ1v) is 11.3. The van der Waals surface area contributed by atoms with Crippen LogP contribution in [0.25, 0.3) is 0 Å². The molecule has 4 fully saturated rings. The van der Waals surface area contributed by atoms with E-state index in [1.807, 2.05) is 0 Å². The van der Waals surface area contributed by atoms with Crippen LogP contribution in [0.5, 0.6) is 0 Å². The summed E-state index contributed by atoms with van der Waals surface area (Å²) in [5, 5.41) is 6.20. The minimum Gasteiger partial charge on any atom is -0.331 e. The third-order valence-electron chi connectivity index (χ3n) is 7.59. The summed E-state index contributed by atoms with van der Waals surface area (Å²) in [6, 6.07) is 0.457. The largest absolute Gasteiger partial charge is 0.331 e. The monoisotopic (exact) mass is 385 g/mol. The molecule has 7 unspecified atom stereocenters. The topological polar surface area (TPSA) is 57.6 Å². The van der Waals surface area contributed by atoms with Gasteiger partial charge in [-0.2, -0.15) is 5.48 Å². The van der Waals surface area contributed by atoms with Gasteiger partial charge in [0, 0.05) is 31.1 Å². The Morgan fingerprint density at radius 2 is 1.96 bits per heavy atom. The third kappa shape index (κ3) is 4.65. The summed E-state index contributed by atoms with van der Waals surface area (Å²) in [6.45, 7) is 3.29. The van der Waals surface area contributed by atoms with E-state index in [0.29, 0.717) is 18.1 Å². The van der Waals surface area contributed by atoms with E-state index in [4.69, 9.17) is 4.84 Å². The lowest BCUT2D eigenvalue weighted by Gasteiger charge is -2.33. The van der Waals surface area contributed by atoms with Gasteiger partial charge in [0.15, 0.2) is 6.23 Å². The second kappa shape index (κ2) is 9.01. The van der Waals surface area contributed by atoms with Crippen molar-refractivity contribution >= 4 is 0 Å². The van der Waals surface area contributed by atoms with Crippen LogP contribution in [-0.4, -0.2) is 69.4 Å². The van der Waals surface area contributed by atoms with Crippen LogP contribution in [0, 0.1) is 11.8 Å². The molecular formula is C20H40FN5O+2. The van der Waals surface area contributed by atoms with E-state index in [2.05, 4.69) is 35.1 Å². The summed E-state index contributed by atoms with van der Waals surface area (Å²) in [5.41, 5.74) is 3.30. The van der Waals surface area contributed by atoms with Crippen molar-refractivity contribution in [3.05, 3.63) is 0 Å². The fraction of sp³-hybridized carbons (Fsp3) is 1.00. The van der Waals surface area contributed by atoms with Crippen LogP contribution in [0.3, 0.4) is 0 Å². The van der Waals surface area contributed by atoms with Crippen molar-refractivity contribution in [1.82, 2.24) is 15.7 Å². The van der Waals surface area contributed by atoms with Crippen molar-refractivity contribution in [3.8, 4) is 0 Å². The molecule has 3 heterocycles. The van der Waals surface area contributed by atoms with Gasteiger partial charge >= 0.3 is 0 Å². The summed E-state index contributed by atoms with van der Waals surface area (Å²) in [7, 11) is 4.33. The molecule has 0 amide bonds. The Kier molecular flexibility index (Phi) is 6.67. The van der Waals surface area contributed by atoms with Crippen molar-refractivity contribution in [2.75, 3.05) is 33.7 Å². The van der Waals surface area contributed by atoms with Gasteiger partial charge in [0.25, 0.3) is 0 Å². The van der Waals surface area contributed by atoms with Gasteiger partial charge in [0.05, 0.1) is 25.8 Å². The second-order valence-corrected chi connectivity index (χ2v) is 9.56. The predicted molar refractivity (Wildman–Crippen MR) is 102 cm³/mol. The van der Waals surface area contributed by atoms with Gasteiger partial charge in [-0.05, 0) is 33.4 Å². The first-order valence-electron chi connectivity index (χ1n) is 11.3. The van der Waals surface area contributed by atoms with E-state index in [0.717, 1.165) is 32.4 Å². The molecule has 3 aliphatic heterocycles. The third-order valence-corrected chi connectivity index (χ3v) is 7.59. The zero-order valence-corrected chi connectivity index (χ0v) is 17.1. The fourth-order valence-corrected chi connectivity index (χ4v) is 5.83. The minimum atomic E-state index is -0.585. The Labute approximate surface area is 163 Å². The number of hydrogen-bond donors (Lipinski definition) is 4. The molecule has 7 heteroatoms. The quantitative estimate of drug-likeness (QED) is 0.501. The molecule has 0 aromatic carbocycles. The number of hydroxylamine groups is 1. The van der Waals surface area contributed by atoms with Gasteiger partial charge in [0.1, 0.15) is 18.4 Å².